The van der Waals surface area contributed by atoms with Crippen LogP contribution in [0.1, 0.15) is 23.2 Å². The quantitative estimate of drug-likeness (QED) is 0.635. The Morgan fingerprint density at radius 2 is 2.31 bits per heavy atom. The summed E-state index contributed by atoms with van der Waals surface area (Å²) in [4.78, 5) is 11.6. The van der Waals surface area contributed by atoms with Crippen molar-refractivity contribution in [3.63, 3.8) is 0 Å². The number of carbonyl (C=O) groups excluding carboxylic acids is 1. The molecule has 16 heavy (non-hydrogen) atoms. The van der Waals surface area contributed by atoms with Gasteiger partial charge in [0.05, 0.1) is 10.6 Å². The van der Waals surface area contributed by atoms with Gasteiger partial charge in [0.2, 0.25) is 0 Å². The number of benzene rings is 1. The minimum Gasteiger partial charge on any atom is -0.352 e. The van der Waals surface area contributed by atoms with E-state index in [0.29, 0.717) is 19.4 Å². The smallest absolute Gasteiger partial charge is 0.252 e. The maximum atomic E-state index is 12.7. The second-order valence-electron chi connectivity index (χ2n) is 3.19. The SMILES string of the molecule is C#CCCCNC(=O)c1ccc(F)cc1Cl. The van der Waals surface area contributed by atoms with Crippen LogP contribution in [0.25, 0.3) is 0 Å². The molecule has 0 fully saturated rings. The molecule has 84 valence electrons. The first-order valence-corrected chi connectivity index (χ1v) is 5.19. The summed E-state index contributed by atoms with van der Waals surface area (Å²) in [6, 6.07) is 3.66. The summed E-state index contributed by atoms with van der Waals surface area (Å²) in [5.41, 5.74) is 0.267. The molecule has 0 spiro atoms. The number of rotatable bonds is 4. The lowest BCUT2D eigenvalue weighted by Gasteiger charge is -2.05. The Balaban J connectivity index is 2.57. The van der Waals surface area contributed by atoms with Crippen LogP contribution in [0.2, 0.25) is 5.02 Å². The summed E-state index contributed by atoms with van der Waals surface area (Å²) in [7, 11) is 0. The highest BCUT2D eigenvalue weighted by Crippen LogP contribution is 2.16. The fourth-order valence-electron chi connectivity index (χ4n) is 1.16. The summed E-state index contributed by atoms with van der Waals surface area (Å²) in [5.74, 6) is 1.69. The summed E-state index contributed by atoms with van der Waals surface area (Å²) < 4.78 is 12.7. The minimum atomic E-state index is -0.464. The van der Waals surface area contributed by atoms with Crippen LogP contribution in [0.4, 0.5) is 4.39 Å². The fourth-order valence-corrected chi connectivity index (χ4v) is 1.41. The van der Waals surface area contributed by atoms with E-state index in [-0.39, 0.29) is 16.5 Å². The molecule has 0 radical (unpaired) electrons. The number of unbranched alkanes of at least 4 members (excludes halogenated alkanes) is 1. The van der Waals surface area contributed by atoms with Gasteiger partial charge in [-0.25, -0.2) is 4.39 Å². The zero-order chi connectivity index (χ0) is 12.0. The van der Waals surface area contributed by atoms with Gasteiger partial charge in [0.25, 0.3) is 5.91 Å². The van der Waals surface area contributed by atoms with Crippen LogP contribution in [0.3, 0.4) is 0 Å². The highest BCUT2D eigenvalue weighted by atomic mass is 35.5. The van der Waals surface area contributed by atoms with Crippen LogP contribution in [0, 0.1) is 18.2 Å². The van der Waals surface area contributed by atoms with E-state index >= 15 is 0 Å². The molecule has 0 heterocycles. The van der Waals surface area contributed by atoms with Gasteiger partial charge in [-0.05, 0) is 24.6 Å². The van der Waals surface area contributed by atoms with Crippen molar-refractivity contribution in [1.29, 1.82) is 0 Å². The van der Waals surface area contributed by atoms with Gasteiger partial charge < -0.3 is 5.32 Å². The molecule has 1 aromatic rings. The van der Waals surface area contributed by atoms with Gasteiger partial charge in [-0.2, -0.15) is 0 Å². The van der Waals surface area contributed by atoms with E-state index in [1.165, 1.54) is 12.1 Å². The molecule has 1 amide bonds. The maximum Gasteiger partial charge on any atom is 0.252 e. The van der Waals surface area contributed by atoms with Crippen LogP contribution >= 0.6 is 11.6 Å². The van der Waals surface area contributed by atoms with Crippen molar-refractivity contribution in [2.75, 3.05) is 6.54 Å². The van der Waals surface area contributed by atoms with Crippen LogP contribution in [0.5, 0.6) is 0 Å². The van der Waals surface area contributed by atoms with Crippen LogP contribution in [0.15, 0.2) is 18.2 Å². The summed E-state index contributed by atoms with van der Waals surface area (Å²) in [6.45, 7) is 0.483. The fraction of sp³-hybridized carbons (Fsp3) is 0.250. The molecule has 0 saturated carbocycles. The van der Waals surface area contributed by atoms with Crippen LogP contribution in [-0.2, 0) is 0 Å². The molecule has 1 rings (SSSR count). The van der Waals surface area contributed by atoms with Crippen molar-refractivity contribution < 1.29 is 9.18 Å². The molecule has 0 aliphatic carbocycles. The average Bonchev–Trinajstić information content (AvgIpc) is 2.24. The number of amides is 1. The molecule has 4 heteroatoms. The molecule has 0 atom stereocenters. The predicted octanol–water partition coefficient (Wildman–Crippen LogP) is 2.62. The Kier molecular flexibility index (Phi) is 4.81. The second kappa shape index (κ2) is 6.14. The normalized spacial score (nSPS) is 9.56. The van der Waals surface area contributed by atoms with Gasteiger partial charge in [0, 0.05) is 13.0 Å². The third-order valence-corrected chi connectivity index (χ3v) is 2.27. The maximum absolute atomic E-state index is 12.7. The van der Waals surface area contributed by atoms with Gasteiger partial charge in [0.15, 0.2) is 0 Å². The molecule has 0 aliphatic heterocycles. The monoisotopic (exact) mass is 239 g/mol. The van der Waals surface area contributed by atoms with Gasteiger partial charge in [0.1, 0.15) is 5.82 Å². The standard InChI is InChI=1S/C12H11ClFNO/c1-2-3-4-7-15-12(16)10-6-5-9(14)8-11(10)13/h1,5-6,8H,3-4,7H2,(H,15,16). The molecule has 1 N–H and O–H groups in total. The van der Waals surface area contributed by atoms with Gasteiger partial charge in [-0.1, -0.05) is 11.6 Å². The molecule has 0 aliphatic rings. The molecule has 0 unspecified atom stereocenters. The van der Waals surface area contributed by atoms with Crippen LogP contribution in [-0.4, -0.2) is 12.5 Å². The molecular weight excluding hydrogens is 229 g/mol. The number of hydrogen-bond donors (Lipinski definition) is 1. The van der Waals surface area contributed by atoms with E-state index in [4.69, 9.17) is 18.0 Å². The van der Waals surface area contributed by atoms with Gasteiger partial charge >= 0.3 is 0 Å². The number of halogens is 2. The van der Waals surface area contributed by atoms with Crippen molar-refractivity contribution in [3.8, 4) is 12.3 Å². The van der Waals surface area contributed by atoms with Crippen LogP contribution < -0.4 is 5.32 Å². The van der Waals surface area contributed by atoms with Crippen molar-refractivity contribution >= 4 is 17.5 Å². The third kappa shape index (κ3) is 3.56. The summed E-state index contributed by atoms with van der Waals surface area (Å²) >= 11 is 5.73. The van der Waals surface area contributed by atoms with E-state index in [9.17, 15) is 9.18 Å². The Morgan fingerprint density at radius 3 is 2.94 bits per heavy atom. The van der Waals surface area contributed by atoms with Gasteiger partial charge in [-0.15, -0.1) is 12.3 Å². The molecule has 0 aromatic heterocycles. The Bertz CT molecular complexity index is 426. The van der Waals surface area contributed by atoms with E-state index in [2.05, 4.69) is 11.2 Å². The Labute approximate surface area is 98.8 Å². The summed E-state index contributed by atoms with van der Waals surface area (Å²) in [6.07, 6.45) is 6.39. The number of carbonyl (C=O) groups is 1. The van der Waals surface area contributed by atoms with Crippen molar-refractivity contribution in [2.24, 2.45) is 0 Å². The Hall–Kier alpha value is -1.53. The highest BCUT2D eigenvalue weighted by Gasteiger charge is 2.09. The zero-order valence-corrected chi connectivity index (χ0v) is 9.35. The van der Waals surface area contributed by atoms with E-state index in [0.717, 1.165) is 6.07 Å². The Morgan fingerprint density at radius 1 is 1.56 bits per heavy atom. The molecular formula is C12H11ClFNO. The lowest BCUT2D eigenvalue weighted by atomic mass is 10.2. The largest absolute Gasteiger partial charge is 0.352 e. The topological polar surface area (TPSA) is 29.1 Å². The second-order valence-corrected chi connectivity index (χ2v) is 3.59. The lowest BCUT2D eigenvalue weighted by Crippen LogP contribution is -2.24. The van der Waals surface area contributed by atoms with E-state index in [1.807, 2.05) is 0 Å². The van der Waals surface area contributed by atoms with Crippen molar-refractivity contribution in [1.82, 2.24) is 5.32 Å². The van der Waals surface area contributed by atoms with E-state index in [1.54, 1.807) is 0 Å². The molecule has 0 saturated heterocycles. The zero-order valence-electron chi connectivity index (χ0n) is 8.59. The molecule has 2 nitrogen and oxygen atoms in total. The highest BCUT2D eigenvalue weighted by molar-refractivity contribution is 6.33. The first-order valence-electron chi connectivity index (χ1n) is 4.82. The molecule has 0 bridgehead atoms. The third-order valence-electron chi connectivity index (χ3n) is 1.96. The predicted molar refractivity (Wildman–Crippen MR) is 61.8 cm³/mol. The van der Waals surface area contributed by atoms with Gasteiger partial charge in [-0.3, -0.25) is 4.79 Å². The van der Waals surface area contributed by atoms with Crippen molar-refractivity contribution in [2.45, 2.75) is 12.8 Å². The number of hydrogen-bond acceptors (Lipinski definition) is 1. The lowest BCUT2D eigenvalue weighted by molar-refractivity contribution is 0.0953. The first kappa shape index (κ1) is 12.5. The summed E-state index contributed by atoms with van der Waals surface area (Å²) in [5, 5.41) is 2.76. The average molecular weight is 240 g/mol. The molecule has 1 aromatic carbocycles. The number of terminal acetylenes is 1. The minimum absolute atomic E-state index is 0.106. The number of nitrogens with one attached hydrogen (secondary N) is 1. The van der Waals surface area contributed by atoms with Crippen molar-refractivity contribution in [3.05, 3.63) is 34.6 Å². The van der Waals surface area contributed by atoms with E-state index < -0.39 is 5.82 Å². The first-order chi connectivity index (χ1) is 7.65.